The summed E-state index contributed by atoms with van der Waals surface area (Å²) in [4.78, 5) is 88.3. The van der Waals surface area contributed by atoms with Gasteiger partial charge in [-0.2, -0.15) is 0 Å². The van der Waals surface area contributed by atoms with E-state index in [1.807, 2.05) is 150 Å². The highest BCUT2D eigenvalue weighted by Crippen LogP contribution is 2.30. The molecular formula is C70H70N6O6. The summed E-state index contributed by atoms with van der Waals surface area (Å²) in [5.41, 5.74) is 10.5. The quantitative estimate of drug-likeness (QED) is 0.0430. The number of hydrogen-bond donors (Lipinski definition) is 2. The molecule has 5 amide bonds. The molecule has 0 fully saturated rings. The van der Waals surface area contributed by atoms with Crippen LogP contribution in [0.4, 0.5) is 17.1 Å². The number of nitrogens with zero attached hydrogens (tertiary/aromatic N) is 4. The van der Waals surface area contributed by atoms with Crippen LogP contribution in [0, 0.1) is 35.5 Å². The Balaban J connectivity index is 0.720. The lowest BCUT2D eigenvalue weighted by Gasteiger charge is -2.26. The number of carbonyl (C=O) groups excluding carboxylic acids is 6. The van der Waals surface area contributed by atoms with E-state index in [2.05, 4.69) is 51.1 Å². The van der Waals surface area contributed by atoms with Crippen molar-refractivity contribution in [3.63, 3.8) is 0 Å². The average Bonchev–Trinajstić information content (AvgIpc) is 3.57. The molecule has 0 spiro atoms. The van der Waals surface area contributed by atoms with Gasteiger partial charge >= 0.3 is 0 Å². The lowest BCUT2D eigenvalue weighted by molar-refractivity contribution is -0.122. The Morgan fingerprint density at radius 1 is 0.341 bits per heavy atom. The number of nitrogens with one attached hydrogen (secondary N) is 2. The highest BCUT2D eigenvalue weighted by Gasteiger charge is 2.24. The van der Waals surface area contributed by atoms with Crippen LogP contribution in [-0.2, 0) is 48.4 Å². The first-order valence-corrected chi connectivity index (χ1v) is 28.9. The molecule has 416 valence electrons. The molecule has 0 radical (unpaired) electrons. The number of benzene rings is 6. The number of Topliss-reactive ketones (excluding diaryl/α,β-unsaturated/α-hetero) is 1. The zero-order valence-corrected chi connectivity index (χ0v) is 46.7. The van der Waals surface area contributed by atoms with Crippen molar-refractivity contribution in [3.05, 3.63) is 196 Å². The summed E-state index contributed by atoms with van der Waals surface area (Å²) in [6.07, 6.45) is 6.23. The van der Waals surface area contributed by atoms with Gasteiger partial charge in [0.15, 0.2) is 0 Å². The fraction of sp³-hybridized carbons (Fsp3) is 0.314. The van der Waals surface area contributed by atoms with E-state index < -0.39 is 0 Å². The van der Waals surface area contributed by atoms with Crippen molar-refractivity contribution in [1.29, 1.82) is 0 Å². The van der Waals surface area contributed by atoms with Gasteiger partial charge in [0.2, 0.25) is 29.5 Å². The van der Waals surface area contributed by atoms with Gasteiger partial charge in [-0.1, -0.05) is 127 Å². The second-order valence-electron chi connectivity index (χ2n) is 21.0. The third-order valence-electron chi connectivity index (χ3n) is 15.1. The van der Waals surface area contributed by atoms with Crippen LogP contribution in [0.2, 0.25) is 0 Å². The van der Waals surface area contributed by atoms with Gasteiger partial charge in [-0.3, -0.25) is 33.7 Å². The molecule has 12 heteroatoms. The van der Waals surface area contributed by atoms with Gasteiger partial charge in [0.05, 0.1) is 36.7 Å². The molecule has 0 atom stereocenters. The number of hydrogen-bond acceptors (Lipinski definition) is 7. The number of amides is 5. The predicted octanol–water partition coefficient (Wildman–Crippen LogP) is 10.4. The monoisotopic (exact) mass is 1090 g/mol. The summed E-state index contributed by atoms with van der Waals surface area (Å²) in [5, 5.41) is 6.10. The number of carbonyl (C=O) groups is 6. The van der Waals surface area contributed by atoms with E-state index in [1.165, 1.54) is 0 Å². The van der Waals surface area contributed by atoms with Crippen LogP contribution in [-0.4, -0.2) is 72.9 Å². The largest absolute Gasteiger partial charge is 0.355 e. The smallest absolute Gasteiger partial charge is 0.227 e. The van der Waals surface area contributed by atoms with E-state index in [0.29, 0.717) is 129 Å². The van der Waals surface area contributed by atoms with E-state index in [0.717, 1.165) is 67.1 Å². The average molecular weight is 1090 g/mol. The summed E-state index contributed by atoms with van der Waals surface area (Å²) in [5.74, 6) is 19.4. The molecule has 12 nitrogen and oxygen atoms in total. The summed E-state index contributed by atoms with van der Waals surface area (Å²) in [6, 6.07) is 46.8. The Morgan fingerprint density at radius 2 is 0.634 bits per heavy atom. The lowest BCUT2D eigenvalue weighted by Crippen LogP contribution is -2.40. The molecule has 0 aliphatic carbocycles. The minimum atomic E-state index is -0.100. The molecule has 3 aliphatic rings. The van der Waals surface area contributed by atoms with Gasteiger partial charge in [0, 0.05) is 105 Å². The molecule has 0 saturated heterocycles. The van der Waals surface area contributed by atoms with Crippen molar-refractivity contribution in [3.8, 4) is 35.5 Å². The minimum absolute atomic E-state index is 0.000775. The van der Waals surface area contributed by atoms with Crippen LogP contribution in [0.15, 0.2) is 146 Å². The number of anilines is 3. The maximum Gasteiger partial charge on any atom is 0.227 e. The van der Waals surface area contributed by atoms with Crippen LogP contribution in [0.25, 0.3) is 0 Å². The number of fused-ring (bicyclic) bond motifs is 6. The molecule has 0 bridgehead atoms. The molecule has 9 rings (SSSR count). The van der Waals surface area contributed by atoms with E-state index in [1.54, 1.807) is 9.80 Å². The normalized spacial score (nSPS) is 12.5. The van der Waals surface area contributed by atoms with Crippen LogP contribution in [0.1, 0.15) is 140 Å². The molecule has 3 aliphatic heterocycles. The highest BCUT2D eigenvalue weighted by molar-refractivity contribution is 5.97. The molecule has 6 aromatic rings. The molecule has 0 saturated carbocycles. The maximum absolute atomic E-state index is 13.7. The fourth-order valence-electron chi connectivity index (χ4n) is 10.6. The first kappa shape index (κ1) is 57.7. The van der Waals surface area contributed by atoms with Gasteiger partial charge in [-0.05, 0) is 123 Å². The standard InChI is InChI=1S/C70H70N6O6/c77-62(29-10-16-36-68(80)74-50-59-26-4-1-20-53(59)39-42-56-23-7-11-31-63(56)74)30-19-47-73(48-45-71-66(78)34-14-17-37-69(81)75-51-60-27-5-2-21-54(60)40-43-57-24-8-12-32-64(57)75)49-46-72-67(79)35-15-18-38-70(82)76-52-61-28-6-3-22-55(61)41-44-58-25-9-13-33-65(58)76/h1-9,11-13,20-28,31-33H,10,14-19,29-30,34-38,45-52H2,(H,71,78)(H,72,79). The summed E-state index contributed by atoms with van der Waals surface area (Å²) < 4.78 is 0. The second kappa shape index (κ2) is 29.4. The first-order chi connectivity index (χ1) is 40.2. The first-order valence-electron chi connectivity index (χ1n) is 28.9. The lowest BCUT2D eigenvalue weighted by atomic mass is 10.0. The van der Waals surface area contributed by atoms with E-state index in [4.69, 9.17) is 0 Å². The topological polar surface area (TPSA) is 139 Å². The van der Waals surface area contributed by atoms with Crippen LogP contribution >= 0.6 is 0 Å². The molecule has 0 unspecified atom stereocenters. The molecule has 82 heavy (non-hydrogen) atoms. The van der Waals surface area contributed by atoms with Crippen LogP contribution < -0.4 is 25.3 Å². The predicted molar refractivity (Wildman–Crippen MR) is 322 cm³/mol. The Labute approximate surface area is 482 Å². The highest BCUT2D eigenvalue weighted by atomic mass is 16.2. The SMILES string of the molecule is O=C(CCCCC(=O)N1Cc2ccccc2C#Cc2ccccc21)CCCN(CCNC(=O)CCCCC(=O)N1Cc2ccccc2C#Cc2ccccc21)CCNC(=O)CCCCC(=O)N1Cc2ccccc2C#Cc2ccccc21. The second-order valence-corrected chi connectivity index (χ2v) is 21.0. The Morgan fingerprint density at radius 3 is 1.01 bits per heavy atom. The van der Waals surface area contributed by atoms with Gasteiger partial charge in [0.1, 0.15) is 5.78 Å². The zero-order valence-electron chi connectivity index (χ0n) is 46.7. The number of rotatable bonds is 25. The number of unbranched alkanes of at least 4 members (excludes halogenated alkanes) is 3. The van der Waals surface area contributed by atoms with Crippen LogP contribution in [0.3, 0.4) is 0 Å². The van der Waals surface area contributed by atoms with Gasteiger partial charge in [-0.25, -0.2) is 0 Å². The van der Waals surface area contributed by atoms with Crippen molar-refractivity contribution >= 4 is 52.4 Å². The maximum atomic E-state index is 13.7. The summed E-state index contributed by atoms with van der Waals surface area (Å²) >= 11 is 0. The fourth-order valence-corrected chi connectivity index (χ4v) is 10.6. The van der Waals surface area contributed by atoms with E-state index >= 15 is 0 Å². The molecule has 0 aromatic heterocycles. The van der Waals surface area contributed by atoms with Crippen molar-refractivity contribution < 1.29 is 28.8 Å². The van der Waals surface area contributed by atoms with Gasteiger partial charge in [-0.15, -0.1) is 0 Å². The van der Waals surface area contributed by atoms with Crippen molar-refractivity contribution in [1.82, 2.24) is 15.5 Å². The Bertz CT molecular complexity index is 3130. The summed E-state index contributed by atoms with van der Waals surface area (Å²) in [7, 11) is 0. The minimum Gasteiger partial charge on any atom is -0.355 e. The van der Waals surface area contributed by atoms with Crippen molar-refractivity contribution in [2.24, 2.45) is 0 Å². The van der Waals surface area contributed by atoms with Gasteiger partial charge < -0.3 is 25.3 Å². The van der Waals surface area contributed by atoms with Crippen molar-refractivity contribution in [2.75, 3.05) is 47.4 Å². The Kier molecular flexibility index (Phi) is 20.7. The van der Waals surface area contributed by atoms with Crippen LogP contribution in [0.5, 0.6) is 0 Å². The summed E-state index contributed by atoms with van der Waals surface area (Å²) in [6.45, 7) is 3.65. The van der Waals surface area contributed by atoms with E-state index in [-0.39, 0.29) is 48.2 Å². The molecule has 2 N–H and O–H groups in total. The number of para-hydroxylation sites is 3. The number of ketones is 1. The van der Waals surface area contributed by atoms with Gasteiger partial charge in [0.25, 0.3) is 0 Å². The molecular weight excluding hydrogens is 1020 g/mol. The molecule has 3 heterocycles. The van der Waals surface area contributed by atoms with E-state index in [9.17, 15) is 28.8 Å². The zero-order chi connectivity index (χ0) is 56.9. The van der Waals surface area contributed by atoms with Crippen molar-refractivity contribution in [2.45, 2.75) is 110 Å². The third kappa shape index (κ3) is 16.1. The molecule has 6 aromatic carbocycles. The third-order valence-corrected chi connectivity index (χ3v) is 15.1. The Hall–Kier alpha value is -9.02.